The van der Waals surface area contributed by atoms with Crippen LogP contribution in [-0.2, 0) is 16.1 Å². The van der Waals surface area contributed by atoms with Crippen molar-refractivity contribution in [3.8, 4) is 0 Å². The third kappa shape index (κ3) is 4.25. The molecule has 0 bridgehead atoms. The van der Waals surface area contributed by atoms with E-state index in [1.165, 1.54) is 12.8 Å². The molecular weight excluding hydrogens is 332 g/mol. The predicted molar refractivity (Wildman–Crippen MR) is 98.9 cm³/mol. The number of hydrogen-bond acceptors (Lipinski definition) is 4. The van der Waals surface area contributed by atoms with Crippen LogP contribution in [0.15, 0.2) is 28.7 Å². The first-order chi connectivity index (χ1) is 12.7. The predicted octanol–water partition coefficient (Wildman–Crippen LogP) is 3.10. The molecule has 2 heterocycles. The molecule has 0 spiro atoms. The summed E-state index contributed by atoms with van der Waals surface area (Å²) in [7, 11) is 1.59. The van der Waals surface area contributed by atoms with E-state index < -0.39 is 0 Å². The van der Waals surface area contributed by atoms with Gasteiger partial charge in [0.1, 0.15) is 5.58 Å². The molecule has 1 saturated heterocycles. The van der Waals surface area contributed by atoms with Crippen molar-refractivity contribution in [1.82, 2.24) is 10.2 Å². The van der Waals surface area contributed by atoms with Gasteiger partial charge in [0.25, 0.3) is 5.91 Å². The smallest absolute Gasteiger partial charge is 0.287 e. The second-order valence-electron chi connectivity index (χ2n) is 6.64. The number of nitrogens with one attached hydrogen (secondary N) is 1. The first-order valence-corrected chi connectivity index (χ1v) is 9.26. The van der Waals surface area contributed by atoms with Crippen LogP contribution >= 0.6 is 0 Å². The van der Waals surface area contributed by atoms with Gasteiger partial charge >= 0.3 is 0 Å². The van der Waals surface area contributed by atoms with Gasteiger partial charge in [-0.3, -0.25) is 9.59 Å². The van der Waals surface area contributed by atoms with Gasteiger partial charge in [-0.1, -0.05) is 31.0 Å². The van der Waals surface area contributed by atoms with Gasteiger partial charge < -0.3 is 19.4 Å². The van der Waals surface area contributed by atoms with Crippen LogP contribution in [0.3, 0.4) is 0 Å². The number of fused-ring (bicyclic) bond motifs is 1. The van der Waals surface area contributed by atoms with Gasteiger partial charge in [-0.2, -0.15) is 0 Å². The summed E-state index contributed by atoms with van der Waals surface area (Å²) in [6, 6.07) is 7.50. The zero-order chi connectivity index (χ0) is 18.4. The van der Waals surface area contributed by atoms with Gasteiger partial charge in [0.15, 0.2) is 5.76 Å². The Kier molecular flexibility index (Phi) is 6.28. The van der Waals surface area contributed by atoms with E-state index >= 15 is 0 Å². The van der Waals surface area contributed by atoms with Crippen LogP contribution < -0.4 is 5.32 Å². The maximum atomic E-state index is 12.5. The quantitative estimate of drug-likeness (QED) is 0.861. The standard InChI is InChI=1S/C20H26N2O4/c1-25-14-16-15-8-4-5-9-17(15)26-19(16)20(24)21-11-10-18(23)22-12-6-2-3-7-13-22/h4-5,8-9H,2-3,6-7,10-14H2,1H3,(H,21,24). The molecule has 0 unspecified atom stereocenters. The lowest BCUT2D eigenvalue weighted by atomic mass is 10.1. The maximum absolute atomic E-state index is 12.5. The minimum atomic E-state index is -0.308. The van der Waals surface area contributed by atoms with Gasteiger partial charge in [-0.05, 0) is 18.9 Å². The Hall–Kier alpha value is -2.34. The number of amides is 2. The monoisotopic (exact) mass is 358 g/mol. The molecule has 1 aliphatic heterocycles. The van der Waals surface area contributed by atoms with Crippen molar-refractivity contribution in [3.05, 3.63) is 35.6 Å². The van der Waals surface area contributed by atoms with E-state index in [0.717, 1.165) is 36.9 Å². The molecule has 26 heavy (non-hydrogen) atoms. The zero-order valence-electron chi connectivity index (χ0n) is 15.3. The number of benzene rings is 1. The molecule has 6 nitrogen and oxygen atoms in total. The SMILES string of the molecule is COCc1c(C(=O)NCCC(=O)N2CCCCCC2)oc2ccccc12. The molecule has 0 radical (unpaired) electrons. The first kappa shape index (κ1) is 18.5. The number of likely N-dealkylation sites (tertiary alicyclic amines) is 1. The van der Waals surface area contributed by atoms with Crippen LogP contribution in [0, 0.1) is 0 Å². The fraction of sp³-hybridized carbons (Fsp3) is 0.500. The van der Waals surface area contributed by atoms with Crippen LogP contribution in [0.2, 0.25) is 0 Å². The topological polar surface area (TPSA) is 71.8 Å². The van der Waals surface area contributed by atoms with E-state index in [1.807, 2.05) is 29.2 Å². The molecule has 1 aromatic heterocycles. The highest BCUT2D eigenvalue weighted by molar-refractivity contribution is 5.99. The number of carbonyl (C=O) groups is 2. The molecule has 1 aliphatic rings. The van der Waals surface area contributed by atoms with Crippen LogP contribution in [0.4, 0.5) is 0 Å². The summed E-state index contributed by atoms with van der Waals surface area (Å²) in [5.74, 6) is 0.0566. The highest BCUT2D eigenvalue weighted by Crippen LogP contribution is 2.26. The lowest BCUT2D eigenvalue weighted by Crippen LogP contribution is -2.35. The number of ether oxygens (including phenoxy) is 1. The molecule has 0 aliphatic carbocycles. The van der Waals surface area contributed by atoms with Crippen LogP contribution in [0.25, 0.3) is 11.0 Å². The summed E-state index contributed by atoms with van der Waals surface area (Å²) in [4.78, 5) is 26.8. The van der Waals surface area contributed by atoms with Crippen molar-refractivity contribution >= 4 is 22.8 Å². The fourth-order valence-electron chi connectivity index (χ4n) is 3.41. The van der Waals surface area contributed by atoms with Gasteiger partial charge in [0.05, 0.1) is 6.61 Å². The average molecular weight is 358 g/mol. The zero-order valence-corrected chi connectivity index (χ0v) is 15.3. The van der Waals surface area contributed by atoms with E-state index in [1.54, 1.807) is 7.11 Å². The molecule has 1 N–H and O–H groups in total. The normalized spacial score (nSPS) is 15.0. The summed E-state index contributed by atoms with van der Waals surface area (Å²) in [6.07, 6.45) is 4.82. The van der Waals surface area contributed by atoms with Crippen molar-refractivity contribution < 1.29 is 18.7 Å². The Morgan fingerprint density at radius 3 is 2.62 bits per heavy atom. The second kappa shape index (κ2) is 8.85. The van der Waals surface area contributed by atoms with Crippen molar-refractivity contribution in [2.24, 2.45) is 0 Å². The number of rotatable bonds is 6. The van der Waals surface area contributed by atoms with E-state index in [2.05, 4.69) is 5.32 Å². The number of furan rings is 1. The van der Waals surface area contributed by atoms with Crippen LogP contribution in [0.1, 0.15) is 48.2 Å². The van der Waals surface area contributed by atoms with E-state index in [9.17, 15) is 9.59 Å². The average Bonchev–Trinajstić information content (AvgIpc) is 2.83. The van der Waals surface area contributed by atoms with Crippen LogP contribution in [0.5, 0.6) is 0 Å². The minimum absolute atomic E-state index is 0.105. The molecule has 3 rings (SSSR count). The molecule has 2 amide bonds. The number of hydrogen-bond donors (Lipinski definition) is 1. The van der Waals surface area contributed by atoms with Gasteiger partial charge in [-0.25, -0.2) is 0 Å². The molecule has 6 heteroatoms. The summed E-state index contributed by atoms with van der Waals surface area (Å²) in [5, 5.41) is 3.68. The lowest BCUT2D eigenvalue weighted by molar-refractivity contribution is -0.131. The molecule has 2 aromatic rings. The van der Waals surface area contributed by atoms with Crippen LogP contribution in [-0.4, -0.2) is 43.5 Å². The van der Waals surface area contributed by atoms with E-state index in [4.69, 9.17) is 9.15 Å². The Balaban J connectivity index is 1.60. The Morgan fingerprint density at radius 1 is 1.15 bits per heavy atom. The first-order valence-electron chi connectivity index (χ1n) is 9.26. The largest absolute Gasteiger partial charge is 0.451 e. The third-order valence-corrected chi connectivity index (χ3v) is 4.78. The molecule has 1 aromatic carbocycles. The number of methoxy groups -OCH3 is 1. The molecule has 1 fully saturated rings. The molecule has 0 saturated carbocycles. The Morgan fingerprint density at radius 2 is 1.88 bits per heavy atom. The Labute approximate surface area is 153 Å². The number of nitrogens with zero attached hydrogens (tertiary/aromatic N) is 1. The second-order valence-corrected chi connectivity index (χ2v) is 6.64. The minimum Gasteiger partial charge on any atom is -0.451 e. The van der Waals surface area contributed by atoms with Crippen molar-refractivity contribution in [1.29, 1.82) is 0 Å². The summed E-state index contributed by atoms with van der Waals surface area (Å²) >= 11 is 0. The highest BCUT2D eigenvalue weighted by Gasteiger charge is 2.21. The molecule has 0 atom stereocenters. The third-order valence-electron chi connectivity index (χ3n) is 4.78. The van der Waals surface area contributed by atoms with Crippen molar-refractivity contribution in [3.63, 3.8) is 0 Å². The number of carbonyl (C=O) groups excluding carboxylic acids is 2. The molecular formula is C20H26N2O4. The fourth-order valence-corrected chi connectivity index (χ4v) is 3.41. The lowest BCUT2D eigenvalue weighted by Gasteiger charge is -2.20. The van der Waals surface area contributed by atoms with Crippen molar-refractivity contribution in [2.45, 2.75) is 38.7 Å². The van der Waals surface area contributed by atoms with Crippen molar-refractivity contribution in [2.75, 3.05) is 26.7 Å². The summed E-state index contributed by atoms with van der Waals surface area (Å²) in [6.45, 7) is 2.26. The summed E-state index contributed by atoms with van der Waals surface area (Å²) < 4.78 is 10.9. The van der Waals surface area contributed by atoms with E-state index in [0.29, 0.717) is 25.2 Å². The van der Waals surface area contributed by atoms with Gasteiger partial charge in [-0.15, -0.1) is 0 Å². The van der Waals surface area contributed by atoms with E-state index in [-0.39, 0.29) is 17.6 Å². The molecule has 140 valence electrons. The van der Waals surface area contributed by atoms with Gasteiger partial charge in [0.2, 0.25) is 5.91 Å². The number of para-hydroxylation sites is 1. The maximum Gasteiger partial charge on any atom is 0.287 e. The highest BCUT2D eigenvalue weighted by atomic mass is 16.5. The summed E-state index contributed by atoms with van der Waals surface area (Å²) in [5.41, 5.74) is 1.39. The Bertz CT molecular complexity index is 760. The van der Waals surface area contributed by atoms with Gasteiger partial charge in [0, 0.05) is 44.1 Å².